The van der Waals surface area contributed by atoms with Gasteiger partial charge in [0.2, 0.25) is 0 Å². The summed E-state index contributed by atoms with van der Waals surface area (Å²) in [7, 11) is 0. The van der Waals surface area contributed by atoms with Crippen molar-refractivity contribution in [3.63, 3.8) is 0 Å². The van der Waals surface area contributed by atoms with E-state index < -0.39 is 0 Å². The monoisotopic (exact) mass is 302 g/mol. The molecule has 1 saturated heterocycles. The van der Waals surface area contributed by atoms with E-state index in [2.05, 4.69) is 4.98 Å². The van der Waals surface area contributed by atoms with Gasteiger partial charge in [-0.3, -0.25) is 4.79 Å². The van der Waals surface area contributed by atoms with Crippen LogP contribution in [0.2, 0.25) is 0 Å². The largest absolute Gasteiger partial charge is 0.464 e. The maximum Gasteiger partial charge on any atom is 0.273 e. The van der Waals surface area contributed by atoms with Gasteiger partial charge >= 0.3 is 0 Å². The molecule has 0 saturated carbocycles. The van der Waals surface area contributed by atoms with Crippen LogP contribution in [0.15, 0.2) is 34.7 Å². The topological polar surface area (TPSA) is 46.3 Å². The van der Waals surface area contributed by atoms with Crippen molar-refractivity contribution in [2.75, 3.05) is 18.1 Å². The van der Waals surface area contributed by atoms with Crippen LogP contribution in [0.25, 0.3) is 0 Å². The molecule has 0 bridgehead atoms. The van der Waals surface area contributed by atoms with E-state index in [4.69, 9.17) is 4.42 Å². The standard InChI is InChI=1S/C16H18N2O2S/c1-11-4-3-5-13(17-11)16(19)18-8-9-21-10-14(18)15-7-6-12(2)20-15/h3-7,14H,8-10H2,1-2H3/t14-/m0/s1. The Balaban J connectivity index is 1.89. The molecule has 0 spiro atoms. The minimum Gasteiger partial charge on any atom is -0.464 e. The zero-order chi connectivity index (χ0) is 14.8. The number of hydrogen-bond donors (Lipinski definition) is 0. The molecule has 3 rings (SSSR count). The number of hydrogen-bond acceptors (Lipinski definition) is 4. The highest BCUT2D eigenvalue weighted by Gasteiger charge is 2.31. The third-order valence-corrected chi connectivity index (χ3v) is 4.61. The summed E-state index contributed by atoms with van der Waals surface area (Å²) in [6.45, 7) is 4.55. The maximum atomic E-state index is 12.8. The first-order chi connectivity index (χ1) is 10.1. The number of rotatable bonds is 2. The molecule has 21 heavy (non-hydrogen) atoms. The van der Waals surface area contributed by atoms with Gasteiger partial charge in [-0.1, -0.05) is 6.07 Å². The van der Waals surface area contributed by atoms with Gasteiger partial charge in [-0.05, 0) is 38.1 Å². The number of amides is 1. The molecule has 1 amide bonds. The van der Waals surface area contributed by atoms with Crippen molar-refractivity contribution in [1.82, 2.24) is 9.88 Å². The summed E-state index contributed by atoms with van der Waals surface area (Å²) in [5.41, 5.74) is 1.37. The van der Waals surface area contributed by atoms with E-state index in [9.17, 15) is 4.79 Å². The molecule has 2 aromatic heterocycles. The average Bonchev–Trinajstić information content (AvgIpc) is 2.93. The minimum absolute atomic E-state index is 0.00716. The summed E-state index contributed by atoms with van der Waals surface area (Å²) in [5, 5.41) is 0. The molecule has 0 unspecified atom stereocenters. The van der Waals surface area contributed by atoms with Crippen LogP contribution < -0.4 is 0 Å². The van der Waals surface area contributed by atoms with Crippen LogP contribution in [0.4, 0.5) is 0 Å². The minimum atomic E-state index is -0.0157. The molecule has 2 aromatic rings. The van der Waals surface area contributed by atoms with E-state index in [-0.39, 0.29) is 11.9 Å². The van der Waals surface area contributed by atoms with Crippen LogP contribution in [0.5, 0.6) is 0 Å². The summed E-state index contributed by atoms with van der Waals surface area (Å²) >= 11 is 1.85. The average molecular weight is 302 g/mol. The highest BCUT2D eigenvalue weighted by Crippen LogP contribution is 2.31. The van der Waals surface area contributed by atoms with Crippen LogP contribution in [-0.4, -0.2) is 33.8 Å². The summed E-state index contributed by atoms with van der Waals surface area (Å²) < 4.78 is 5.74. The summed E-state index contributed by atoms with van der Waals surface area (Å²) in [4.78, 5) is 19.0. The summed E-state index contributed by atoms with van der Waals surface area (Å²) in [6, 6.07) is 9.46. The Morgan fingerprint density at radius 2 is 2.19 bits per heavy atom. The molecule has 1 aliphatic heterocycles. The van der Waals surface area contributed by atoms with Crippen molar-refractivity contribution in [1.29, 1.82) is 0 Å². The number of aryl methyl sites for hydroxylation is 2. The van der Waals surface area contributed by atoms with Crippen LogP contribution in [0.1, 0.15) is 33.7 Å². The van der Waals surface area contributed by atoms with Crippen molar-refractivity contribution in [2.24, 2.45) is 0 Å². The summed E-state index contributed by atoms with van der Waals surface area (Å²) in [6.07, 6.45) is 0. The van der Waals surface area contributed by atoms with Crippen LogP contribution in [0.3, 0.4) is 0 Å². The molecule has 1 aliphatic rings. The lowest BCUT2D eigenvalue weighted by Crippen LogP contribution is -2.41. The molecule has 0 N–H and O–H groups in total. The second kappa shape index (κ2) is 5.93. The number of aromatic nitrogens is 1. The molecule has 5 heteroatoms. The van der Waals surface area contributed by atoms with E-state index in [0.717, 1.165) is 35.3 Å². The Kier molecular flexibility index (Phi) is 4.01. The molecule has 1 atom stereocenters. The Labute approximate surface area is 128 Å². The van der Waals surface area contributed by atoms with E-state index >= 15 is 0 Å². The molecule has 3 heterocycles. The third kappa shape index (κ3) is 2.97. The number of carbonyl (C=O) groups is 1. The number of carbonyl (C=O) groups excluding carboxylic acids is 1. The van der Waals surface area contributed by atoms with Crippen molar-refractivity contribution in [3.05, 3.63) is 53.2 Å². The van der Waals surface area contributed by atoms with Gasteiger partial charge in [-0.15, -0.1) is 0 Å². The highest BCUT2D eigenvalue weighted by atomic mass is 32.2. The SMILES string of the molecule is Cc1cccc(C(=O)N2CCSC[C@H]2c2ccc(C)o2)n1. The molecule has 4 nitrogen and oxygen atoms in total. The Morgan fingerprint density at radius 3 is 2.90 bits per heavy atom. The first-order valence-electron chi connectivity index (χ1n) is 7.04. The maximum absolute atomic E-state index is 12.8. The smallest absolute Gasteiger partial charge is 0.273 e. The van der Waals surface area contributed by atoms with Crippen molar-refractivity contribution >= 4 is 17.7 Å². The van der Waals surface area contributed by atoms with Gasteiger partial charge in [0.25, 0.3) is 5.91 Å². The molecular formula is C16H18N2O2S. The summed E-state index contributed by atoms with van der Waals surface area (Å²) in [5.74, 6) is 3.54. The zero-order valence-electron chi connectivity index (χ0n) is 12.2. The van der Waals surface area contributed by atoms with Gasteiger partial charge in [0, 0.05) is 23.7 Å². The Bertz CT molecular complexity index is 653. The molecular weight excluding hydrogens is 284 g/mol. The first kappa shape index (κ1) is 14.2. The van der Waals surface area contributed by atoms with E-state index in [1.807, 2.05) is 54.8 Å². The third-order valence-electron chi connectivity index (χ3n) is 3.59. The van der Waals surface area contributed by atoms with Crippen LogP contribution in [-0.2, 0) is 0 Å². The lowest BCUT2D eigenvalue weighted by Gasteiger charge is -2.34. The molecule has 0 aliphatic carbocycles. The van der Waals surface area contributed by atoms with Gasteiger partial charge in [0.1, 0.15) is 17.2 Å². The lowest BCUT2D eigenvalue weighted by molar-refractivity contribution is 0.0675. The normalized spacial score (nSPS) is 18.8. The highest BCUT2D eigenvalue weighted by molar-refractivity contribution is 7.99. The van der Waals surface area contributed by atoms with Crippen molar-refractivity contribution in [3.8, 4) is 0 Å². The molecule has 0 radical (unpaired) electrons. The Hall–Kier alpha value is -1.75. The Morgan fingerprint density at radius 1 is 1.33 bits per heavy atom. The number of nitrogens with zero attached hydrogens (tertiary/aromatic N) is 2. The van der Waals surface area contributed by atoms with Gasteiger partial charge in [-0.2, -0.15) is 11.8 Å². The van der Waals surface area contributed by atoms with E-state index in [0.29, 0.717) is 5.69 Å². The van der Waals surface area contributed by atoms with Gasteiger partial charge < -0.3 is 9.32 Å². The van der Waals surface area contributed by atoms with Gasteiger partial charge in [0.15, 0.2) is 0 Å². The van der Waals surface area contributed by atoms with Gasteiger partial charge in [-0.25, -0.2) is 4.98 Å². The van der Waals surface area contributed by atoms with Crippen LogP contribution in [0, 0.1) is 13.8 Å². The zero-order valence-corrected chi connectivity index (χ0v) is 13.0. The first-order valence-corrected chi connectivity index (χ1v) is 8.19. The van der Waals surface area contributed by atoms with Crippen molar-refractivity contribution in [2.45, 2.75) is 19.9 Å². The fourth-order valence-corrected chi connectivity index (χ4v) is 3.58. The van der Waals surface area contributed by atoms with E-state index in [1.54, 1.807) is 6.07 Å². The second-order valence-corrected chi connectivity index (χ2v) is 6.35. The number of furan rings is 1. The van der Waals surface area contributed by atoms with Gasteiger partial charge in [0.05, 0.1) is 6.04 Å². The predicted molar refractivity (Wildman–Crippen MR) is 83.5 cm³/mol. The molecule has 0 aromatic carbocycles. The van der Waals surface area contributed by atoms with Crippen LogP contribution >= 0.6 is 11.8 Å². The molecule has 1 fully saturated rings. The number of thioether (sulfide) groups is 1. The van der Waals surface area contributed by atoms with E-state index in [1.165, 1.54) is 0 Å². The quantitative estimate of drug-likeness (QED) is 0.854. The van der Waals surface area contributed by atoms with Crippen molar-refractivity contribution < 1.29 is 9.21 Å². The molecule has 110 valence electrons. The second-order valence-electron chi connectivity index (χ2n) is 5.20. The fraction of sp³-hybridized carbons (Fsp3) is 0.375. The predicted octanol–water partition coefficient (Wildman–Crippen LogP) is 3.22. The number of pyridine rings is 1. The fourth-order valence-electron chi connectivity index (χ4n) is 2.52. The lowest BCUT2D eigenvalue weighted by atomic mass is 10.2.